The molecule has 1 aromatic carbocycles. The van der Waals surface area contributed by atoms with E-state index >= 15 is 0 Å². The molecular weight excluding hydrogens is 213 g/mol. The largest absolute Gasteiger partial charge is 0.225 e. The van der Waals surface area contributed by atoms with Gasteiger partial charge in [0.15, 0.2) is 4.47 Å². The van der Waals surface area contributed by atoms with Crippen molar-refractivity contribution in [3.63, 3.8) is 0 Å². The molecule has 0 unspecified atom stereocenters. The van der Waals surface area contributed by atoms with Gasteiger partial charge in [-0.05, 0) is 24.6 Å². The standard InChI is InChI=1S/C8H5Cl2NS/c1-4-2-5(9)3-6-7(4)11-8(10)12-6/h2-3H,1H3. The highest BCUT2D eigenvalue weighted by molar-refractivity contribution is 7.22. The molecule has 0 saturated carbocycles. The van der Waals surface area contributed by atoms with E-state index in [1.807, 2.05) is 19.1 Å². The van der Waals surface area contributed by atoms with E-state index in [-0.39, 0.29) is 0 Å². The summed E-state index contributed by atoms with van der Waals surface area (Å²) < 4.78 is 1.61. The first kappa shape index (κ1) is 8.30. The summed E-state index contributed by atoms with van der Waals surface area (Å²) in [7, 11) is 0. The van der Waals surface area contributed by atoms with Crippen LogP contribution in [0.15, 0.2) is 12.1 Å². The van der Waals surface area contributed by atoms with Gasteiger partial charge >= 0.3 is 0 Å². The summed E-state index contributed by atoms with van der Waals surface area (Å²) in [5.41, 5.74) is 2.02. The molecule has 0 aliphatic rings. The van der Waals surface area contributed by atoms with E-state index in [2.05, 4.69) is 4.98 Å². The van der Waals surface area contributed by atoms with E-state index in [0.717, 1.165) is 20.8 Å². The van der Waals surface area contributed by atoms with Crippen LogP contribution in [0.5, 0.6) is 0 Å². The molecule has 0 bridgehead atoms. The van der Waals surface area contributed by atoms with Crippen molar-refractivity contribution in [1.29, 1.82) is 0 Å². The maximum absolute atomic E-state index is 5.87. The van der Waals surface area contributed by atoms with Gasteiger partial charge in [-0.2, -0.15) is 0 Å². The summed E-state index contributed by atoms with van der Waals surface area (Å²) in [5.74, 6) is 0. The summed E-state index contributed by atoms with van der Waals surface area (Å²) >= 11 is 13.1. The van der Waals surface area contributed by atoms with Gasteiger partial charge in [0.1, 0.15) is 0 Å². The summed E-state index contributed by atoms with van der Waals surface area (Å²) in [6.45, 7) is 1.98. The Morgan fingerprint density at radius 1 is 1.33 bits per heavy atom. The van der Waals surface area contributed by atoms with E-state index in [0.29, 0.717) is 4.47 Å². The number of halogens is 2. The lowest BCUT2D eigenvalue weighted by atomic mass is 10.2. The minimum absolute atomic E-state index is 0.565. The molecule has 1 heterocycles. The van der Waals surface area contributed by atoms with E-state index in [9.17, 15) is 0 Å². The second-order valence-corrected chi connectivity index (χ2v) is 4.59. The van der Waals surface area contributed by atoms with Crippen LogP contribution in [0.3, 0.4) is 0 Å². The number of fused-ring (bicyclic) bond motifs is 1. The van der Waals surface area contributed by atoms with Crippen LogP contribution in [0.4, 0.5) is 0 Å². The highest BCUT2D eigenvalue weighted by Gasteiger charge is 2.04. The van der Waals surface area contributed by atoms with Gasteiger partial charge < -0.3 is 0 Å². The quantitative estimate of drug-likeness (QED) is 0.653. The van der Waals surface area contributed by atoms with Gasteiger partial charge in [-0.15, -0.1) is 11.3 Å². The molecule has 1 nitrogen and oxygen atoms in total. The normalized spacial score (nSPS) is 10.9. The van der Waals surface area contributed by atoms with Gasteiger partial charge in [0.05, 0.1) is 10.2 Å². The number of hydrogen-bond donors (Lipinski definition) is 0. The van der Waals surface area contributed by atoms with Crippen molar-refractivity contribution in [2.24, 2.45) is 0 Å². The van der Waals surface area contributed by atoms with Gasteiger partial charge in [-0.3, -0.25) is 0 Å². The molecule has 0 amide bonds. The Morgan fingerprint density at radius 3 is 2.83 bits per heavy atom. The molecule has 0 spiro atoms. The van der Waals surface area contributed by atoms with Gasteiger partial charge in [-0.25, -0.2) is 4.98 Å². The molecule has 62 valence electrons. The Balaban J connectivity index is 2.88. The monoisotopic (exact) mass is 217 g/mol. The molecule has 0 saturated heterocycles. The molecule has 2 rings (SSSR count). The fraction of sp³-hybridized carbons (Fsp3) is 0.125. The Kier molecular flexibility index (Phi) is 1.99. The van der Waals surface area contributed by atoms with E-state index in [1.54, 1.807) is 0 Å². The molecule has 1 aromatic heterocycles. The molecule has 0 N–H and O–H groups in total. The summed E-state index contributed by atoms with van der Waals surface area (Å²) in [6, 6.07) is 3.77. The Labute approximate surface area is 83.9 Å². The third-order valence-corrected chi connectivity index (χ3v) is 2.95. The zero-order valence-electron chi connectivity index (χ0n) is 6.27. The lowest BCUT2D eigenvalue weighted by Crippen LogP contribution is -1.75. The van der Waals surface area contributed by atoms with Crippen LogP contribution in [0.1, 0.15) is 5.56 Å². The van der Waals surface area contributed by atoms with E-state index in [4.69, 9.17) is 23.2 Å². The fourth-order valence-corrected chi connectivity index (χ4v) is 2.61. The highest BCUT2D eigenvalue weighted by Crippen LogP contribution is 2.30. The minimum atomic E-state index is 0.565. The van der Waals surface area contributed by atoms with Crippen molar-refractivity contribution in [3.8, 4) is 0 Å². The first-order valence-corrected chi connectivity index (χ1v) is 4.96. The summed E-state index contributed by atoms with van der Waals surface area (Å²) in [5, 5.41) is 0.736. The average molecular weight is 218 g/mol. The number of benzene rings is 1. The van der Waals surface area contributed by atoms with Crippen molar-refractivity contribution in [3.05, 3.63) is 27.2 Å². The molecule has 0 fully saturated rings. The third-order valence-electron chi connectivity index (χ3n) is 1.62. The number of hydrogen-bond acceptors (Lipinski definition) is 2. The van der Waals surface area contributed by atoms with Crippen LogP contribution in [0, 0.1) is 6.92 Å². The molecule has 0 aliphatic heterocycles. The van der Waals surface area contributed by atoms with Crippen LogP contribution < -0.4 is 0 Å². The number of rotatable bonds is 0. The topological polar surface area (TPSA) is 12.9 Å². The second kappa shape index (κ2) is 2.87. The Hall–Kier alpha value is -0.310. The van der Waals surface area contributed by atoms with Crippen molar-refractivity contribution >= 4 is 44.8 Å². The molecule has 0 radical (unpaired) electrons. The predicted molar refractivity (Wildman–Crippen MR) is 54.4 cm³/mol. The zero-order chi connectivity index (χ0) is 8.72. The van der Waals surface area contributed by atoms with Crippen LogP contribution in [0.2, 0.25) is 9.49 Å². The van der Waals surface area contributed by atoms with Crippen LogP contribution in [-0.4, -0.2) is 4.98 Å². The van der Waals surface area contributed by atoms with E-state index < -0.39 is 0 Å². The first-order valence-electron chi connectivity index (χ1n) is 3.39. The number of thiazole rings is 1. The Bertz CT molecular complexity index is 436. The molecule has 12 heavy (non-hydrogen) atoms. The van der Waals surface area contributed by atoms with Gasteiger partial charge in [0.25, 0.3) is 0 Å². The maximum atomic E-state index is 5.87. The van der Waals surface area contributed by atoms with E-state index in [1.165, 1.54) is 11.3 Å². The molecule has 0 atom stereocenters. The van der Waals surface area contributed by atoms with Crippen molar-refractivity contribution in [2.45, 2.75) is 6.92 Å². The van der Waals surface area contributed by atoms with Crippen LogP contribution in [0.25, 0.3) is 10.2 Å². The number of nitrogens with zero attached hydrogens (tertiary/aromatic N) is 1. The van der Waals surface area contributed by atoms with Crippen molar-refractivity contribution in [1.82, 2.24) is 4.98 Å². The summed E-state index contributed by atoms with van der Waals surface area (Å²) in [6.07, 6.45) is 0. The lowest BCUT2D eigenvalue weighted by Gasteiger charge is -1.94. The van der Waals surface area contributed by atoms with Gasteiger partial charge in [-0.1, -0.05) is 23.2 Å². The first-order chi connectivity index (χ1) is 5.66. The van der Waals surface area contributed by atoms with Crippen molar-refractivity contribution < 1.29 is 0 Å². The maximum Gasteiger partial charge on any atom is 0.184 e. The molecular formula is C8H5Cl2NS. The van der Waals surface area contributed by atoms with Gasteiger partial charge in [0.2, 0.25) is 0 Å². The minimum Gasteiger partial charge on any atom is -0.225 e. The van der Waals surface area contributed by atoms with Gasteiger partial charge in [0, 0.05) is 5.02 Å². The van der Waals surface area contributed by atoms with Crippen LogP contribution in [-0.2, 0) is 0 Å². The molecule has 4 heteroatoms. The summed E-state index contributed by atoms with van der Waals surface area (Å²) in [4.78, 5) is 4.18. The fourth-order valence-electron chi connectivity index (χ4n) is 1.13. The second-order valence-electron chi connectivity index (χ2n) is 2.54. The Morgan fingerprint density at radius 2 is 2.08 bits per heavy atom. The number of aryl methyl sites for hydroxylation is 1. The number of aromatic nitrogens is 1. The predicted octanol–water partition coefficient (Wildman–Crippen LogP) is 3.91. The third kappa shape index (κ3) is 1.30. The lowest BCUT2D eigenvalue weighted by molar-refractivity contribution is 1.43. The van der Waals surface area contributed by atoms with Crippen molar-refractivity contribution in [2.75, 3.05) is 0 Å². The highest BCUT2D eigenvalue weighted by atomic mass is 35.5. The molecule has 0 aliphatic carbocycles. The smallest absolute Gasteiger partial charge is 0.184 e. The molecule has 2 aromatic rings. The van der Waals surface area contributed by atoms with Crippen LogP contribution >= 0.6 is 34.5 Å². The average Bonchev–Trinajstić information content (AvgIpc) is 2.29. The SMILES string of the molecule is Cc1cc(Cl)cc2sc(Cl)nc12. The zero-order valence-corrected chi connectivity index (χ0v) is 8.59.